The number of rotatable bonds is 8. The van der Waals surface area contributed by atoms with Gasteiger partial charge in [0.15, 0.2) is 5.16 Å². The Bertz CT molecular complexity index is 877. The van der Waals surface area contributed by atoms with Crippen LogP contribution in [0.3, 0.4) is 0 Å². The zero-order valence-corrected chi connectivity index (χ0v) is 19.2. The van der Waals surface area contributed by atoms with E-state index in [0.29, 0.717) is 11.1 Å². The third-order valence-electron chi connectivity index (χ3n) is 5.25. The van der Waals surface area contributed by atoms with Crippen molar-refractivity contribution in [1.82, 2.24) is 9.97 Å². The fourth-order valence-electron chi connectivity index (χ4n) is 3.80. The molecule has 0 aliphatic heterocycles. The number of anilines is 1. The van der Waals surface area contributed by atoms with Crippen LogP contribution in [0.25, 0.3) is 0 Å². The minimum atomic E-state index is -0.119. The van der Waals surface area contributed by atoms with Crippen molar-refractivity contribution < 1.29 is 4.79 Å². The number of carbonyl (C=O) groups is 1. The van der Waals surface area contributed by atoms with Crippen LogP contribution in [0.1, 0.15) is 56.7 Å². The van der Waals surface area contributed by atoms with Gasteiger partial charge >= 0.3 is 0 Å². The molecule has 0 saturated heterocycles. The van der Waals surface area contributed by atoms with Gasteiger partial charge in [-0.1, -0.05) is 73.1 Å². The maximum absolute atomic E-state index is 12.6. The molecular formula is C22H28BrN3O2S. The normalized spacial score (nSPS) is 14.7. The van der Waals surface area contributed by atoms with Gasteiger partial charge in [-0.2, -0.15) is 0 Å². The Morgan fingerprint density at radius 2 is 1.97 bits per heavy atom. The van der Waals surface area contributed by atoms with E-state index in [0.717, 1.165) is 40.7 Å². The molecule has 1 heterocycles. The molecule has 156 valence electrons. The summed E-state index contributed by atoms with van der Waals surface area (Å²) < 4.78 is 0.962. The van der Waals surface area contributed by atoms with Gasteiger partial charge in [0.1, 0.15) is 0 Å². The minimum Gasteiger partial charge on any atom is -0.325 e. The van der Waals surface area contributed by atoms with Gasteiger partial charge in [0.05, 0.1) is 11.4 Å². The van der Waals surface area contributed by atoms with Crippen molar-refractivity contribution in [2.45, 2.75) is 63.4 Å². The lowest BCUT2D eigenvalue weighted by Crippen LogP contribution is -2.22. The Labute approximate surface area is 184 Å². The molecule has 1 aromatic carbocycles. The van der Waals surface area contributed by atoms with E-state index in [1.807, 2.05) is 24.3 Å². The number of amides is 1. The first-order valence-corrected chi connectivity index (χ1v) is 12.1. The van der Waals surface area contributed by atoms with E-state index in [1.165, 1.54) is 43.9 Å². The highest BCUT2D eigenvalue weighted by Gasteiger charge is 2.19. The number of carbonyl (C=O) groups excluding carboxylic acids is 1. The summed E-state index contributed by atoms with van der Waals surface area (Å²) in [6, 6.07) is 7.45. The topological polar surface area (TPSA) is 74.8 Å². The van der Waals surface area contributed by atoms with Crippen molar-refractivity contribution in [3.63, 3.8) is 0 Å². The van der Waals surface area contributed by atoms with Crippen LogP contribution in [0.5, 0.6) is 0 Å². The monoisotopic (exact) mass is 477 g/mol. The summed E-state index contributed by atoms with van der Waals surface area (Å²) in [6.45, 7) is 2.08. The number of hydrogen-bond donors (Lipinski definition) is 2. The van der Waals surface area contributed by atoms with Crippen molar-refractivity contribution in [3.05, 3.63) is 50.3 Å². The second-order valence-electron chi connectivity index (χ2n) is 7.60. The first-order valence-electron chi connectivity index (χ1n) is 10.4. The third kappa shape index (κ3) is 6.71. The van der Waals surface area contributed by atoms with Crippen LogP contribution < -0.4 is 10.9 Å². The number of thioether (sulfide) groups is 1. The largest absolute Gasteiger partial charge is 0.325 e. The number of nitrogens with zero attached hydrogens (tertiary/aromatic N) is 1. The third-order valence-corrected chi connectivity index (χ3v) is 6.66. The molecule has 2 aromatic rings. The Morgan fingerprint density at radius 1 is 1.24 bits per heavy atom. The molecule has 1 aliphatic rings. The van der Waals surface area contributed by atoms with E-state index < -0.39 is 0 Å². The van der Waals surface area contributed by atoms with Crippen molar-refractivity contribution in [3.8, 4) is 0 Å². The van der Waals surface area contributed by atoms with Gasteiger partial charge in [0, 0.05) is 15.7 Å². The minimum absolute atomic E-state index is 0.0523. The molecule has 1 aromatic heterocycles. The van der Waals surface area contributed by atoms with Crippen molar-refractivity contribution >= 4 is 39.3 Å². The fraction of sp³-hybridized carbons (Fsp3) is 0.500. The molecular weight excluding hydrogens is 450 g/mol. The Kier molecular flexibility index (Phi) is 8.36. The van der Waals surface area contributed by atoms with Gasteiger partial charge in [-0.25, -0.2) is 4.98 Å². The van der Waals surface area contributed by atoms with Crippen LogP contribution in [0.15, 0.2) is 38.7 Å². The Morgan fingerprint density at radius 3 is 2.66 bits per heavy atom. The highest BCUT2D eigenvalue weighted by Crippen LogP contribution is 2.27. The van der Waals surface area contributed by atoms with Gasteiger partial charge in [0.25, 0.3) is 5.56 Å². The van der Waals surface area contributed by atoms with E-state index in [4.69, 9.17) is 4.98 Å². The standard InChI is InChI=1S/C22H28BrN3O2S/c1-2-6-18-19(13-15-7-4-3-5-8-15)25-22(26-21(18)28)29-14-20(27)24-17-11-9-16(23)10-12-17/h9-12,15H,2-8,13-14H2,1H3,(H,24,27)(H,25,26,28). The molecule has 2 N–H and O–H groups in total. The second-order valence-corrected chi connectivity index (χ2v) is 9.48. The number of nitrogens with one attached hydrogen (secondary N) is 2. The average molecular weight is 478 g/mol. The number of hydrogen-bond acceptors (Lipinski definition) is 4. The molecule has 29 heavy (non-hydrogen) atoms. The molecule has 1 fully saturated rings. The number of benzene rings is 1. The van der Waals surface area contributed by atoms with E-state index in [2.05, 4.69) is 33.2 Å². The van der Waals surface area contributed by atoms with Crippen LogP contribution in [0.4, 0.5) is 5.69 Å². The van der Waals surface area contributed by atoms with Gasteiger partial charge in [0.2, 0.25) is 5.91 Å². The molecule has 0 spiro atoms. The van der Waals surface area contributed by atoms with Crippen molar-refractivity contribution in [1.29, 1.82) is 0 Å². The summed E-state index contributed by atoms with van der Waals surface area (Å²) in [4.78, 5) is 32.5. The highest BCUT2D eigenvalue weighted by atomic mass is 79.9. The molecule has 0 atom stereocenters. The van der Waals surface area contributed by atoms with Crippen molar-refractivity contribution in [2.24, 2.45) is 5.92 Å². The van der Waals surface area contributed by atoms with E-state index in [9.17, 15) is 9.59 Å². The smallest absolute Gasteiger partial charge is 0.254 e. The first kappa shape index (κ1) is 22.1. The quantitative estimate of drug-likeness (QED) is 0.397. The summed E-state index contributed by atoms with van der Waals surface area (Å²) in [5, 5.41) is 3.40. The highest BCUT2D eigenvalue weighted by molar-refractivity contribution is 9.10. The first-order chi connectivity index (χ1) is 14.0. The van der Waals surface area contributed by atoms with Crippen LogP contribution in [0, 0.1) is 5.92 Å². The Balaban J connectivity index is 1.67. The van der Waals surface area contributed by atoms with Crippen LogP contribution in [-0.4, -0.2) is 21.6 Å². The molecule has 1 aliphatic carbocycles. The lowest BCUT2D eigenvalue weighted by Gasteiger charge is -2.22. The molecule has 0 bridgehead atoms. The molecule has 5 nitrogen and oxygen atoms in total. The number of halogens is 1. The van der Waals surface area contributed by atoms with Gasteiger partial charge < -0.3 is 10.3 Å². The SMILES string of the molecule is CCCc1c(CC2CCCCC2)nc(SCC(=O)Nc2ccc(Br)cc2)[nH]c1=O. The van der Waals surface area contributed by atoms with Crippen molar-refractivity contribution in [2.75, 3.05) is 11.1 Å². The second kappa shape index (κ2) is 11.0. The zero-order chi connectivity index (χ0) is 20.6. The molecule has 0 radical (unpaired) electrons. The summed E-state index contributed by atoms with van der Waals surface area (Å²) in [5.74, 6) is 0.702. The van der Waals surface area contributed by atoms with Crippen LogP contribution in [0.2, 0.25) is 0 Å². The van der Waals surface area contributed by atoms with Crippen LogP contribution >= 0.6 is 27.7 Å². The fourth-order valence-corrected chi connectivity index (χ4v) is 4.74. The molecule has 3 rings (SSSR count). The summed E-state index contributed by atoms with van der Waals surface area (Å²) >= 11 is 4.66. The van der Waals surface area contributed by atoms with E-state index in [-0.39, 0.29) is 17.2 Å². The lowest BCUT2D eigenvalue weighted by atomic mass is 9.85. The number of H-pyrrole nitrogens is 1. The predicted molar refractivity (Wildman–Crippen MR) is 123 cm³/mol. The van der Waals surface area contributed by atoms with E-state index in [1.54, 1.807) is 0 Å². The summed E-state index contributed by atoms with van der Waals surface area (Å²) in [5.41, 5.74) is 2.44. The van der Waals surface area contributed by atoms with E-state index >= 15 is 0 Å². The molecule has 7 heteroatoms. The molecule has 1 amide bonds. The zero-order valence-electron chi connectivity index (χ0n) is 16.8. The maximum atomic E-state index is 12.6. The molecule has 1 saturated carbocycles. The van der Waals surface area contributed by atoms with Gasteiger partial charge in [-0.3, -0.25) is 9.59 Å². The summed E-state index contributed by atoms with van der Waals surface area (Å²) in [6.07, 6.45) is 8.84. The number of aromatic nitrogens is 2. The molecule has 0 unspecified atom stereocenters. The Hall–Kier alpha value is -1.60. The predicted octanol–water partition coefficient (Wildman–Crippen LogP) is 5.34. The maximum Gasteiger partial charge on any atom is 0.254 e. The lowest BCUT2D eigenvalue weighted by molar-refractivity contribution is -0.113. The number of aromatic amines is 1. The van der Waals surface area contributed by atoms with Gasteiger partial charge in [-0.05, 0) is 43.0 Å². The summed E-state index contributed by atoms with van der Waals surface area (Å²) in [7, 11) is 0. The van der Waals surface area contributed by atoms with Crippen LogP contribution in [-0.2, 0) is 17.6 Å². The van der Waals surface area contributed by atoms with Gasteiger partial charge in [-0.15, -0.1) is 0 Å². The average Bonchev–Trinajstić information content (AvgIpc) is 2.71.